The Hall–Kier alpha value is -7.59. The van der Waals surface area contributed by atoms with E-state index in [1.165, 1.54) is 37.2 Å². The lowest BCUT2D eigenvalue weighted by Gasteiger charge is -2.25. The fourth-order valence-electron chi connectivity index (χ4n) is 7.85. The number of benzene rings is 2. The molecule has 0 bridgehead atoms. The van der Waals surface area contributed by atoms with E-state index in [2.05, 4.69) is 51.8 Å². The van der Waals surface area contributed by atoms with Crippen LogP contribution in [0.2, 0.25) is 0 Å². The summed E-state index contributed by atoms with van der Waals surface area (Å²) in [4.78, 5) is 122. The maximum absolute atomic E-state index is 13.8. The van der Waals surface area contributed by atoms with Gasteiger partial charge >= 0.3 is 26.2 Å². The molecule has 22 nitrogen and oxygen atoms in total. The van der Waals surface area contributed by atoms with Crippen molar-refractivity contribution < 1.29 is 57.0 Å². The van der Waals surface area contributed by atoms with Crippen LogP contribution >= 0.6 is 0 Å². The zero-order valence-corrected chi connectivity index (χ0v) is 40.4. The van der Waals surface area contributed by atoms with Crippen LogP contribution in [0.5, 0.6) is 0 Å². The summed E-state index contributed by atoms with van der Waals surface area (Å²) in [6.45, 7) is 7.52. The first-order valence-corrected chi connectivity index (χ1v) is 23.7. The average Bonchev–Trinajstić information content (AvgIpc) is 3.92. The summed E-state index contributed by atoms with van der Waals surface area (Å²) >= 11 is 0. The maximum atomic E-state index is 13.8. The minimum Gasteiger partial charge on any atom is -0.506 e. The van der Waals surface area contributed by atoms with Gasteiger partial charge in [0.25, 0.3) is 11.8 Å². The number of nitrogens with one attached hydrogen (secondary N) is 6. The van der Waals surface area contributed by atoms with Crippen molar-refractivity contribution in [1.82, 2.24) is 51.8 Å². The predicted molar refractivity (Wildman–Crippen MR) is 258 cm³/mol. The number of amides is 6. The van der Waals surface area contributed by atoms with Gasteiger partial charge < -0.3 is 50.5 Å². The molecule has 0 saturated carbocycles. The fourth-order valence-corrected chi connectivity index (χ4v) is 7.85. The summed E-state index contributed by atoms with van der Waals surface area (Å²) in [5.41, 5.74) is 1.59. The first-order valence-electron chi connectivity index (χ1n) is 23.7. The second-order valence-corrected chi connectivity index (χ2v) is 18.1. The molecule has 6 atom stereocenters. The quantitative estimate of drug-likeness (QED) is 0.0393. The molecule has 0 unspecified atom stereocenters. The van der Waals surface area contributed by atoms with E-state index in [9.17, 15) is 38.4 Å². The van der Waals surface area contributed by atoms with E-state index in [4.69, 9.17) is 18.6 Å². The third kappa shape index (κ3) is 16.5. The van der Waals surface area contributed by atoms with Crippen LogP contribution in [0.4, 0.5) is 0 Å². The Morgan fingerprint density at radius 1 is 0.556 bits per heavy atom. The molecule has 6 rings (SSSR count). The third-order valence-electron chi connectivity index (χ3n) is 11.3. The Morgan fingerprint density at radius 3 is 1.29 bits per heavy atom. The van der Waals surface area contributed by atoms with Crippen LogP contribution in [0.15, 0.2) is 97.8 Å². The number of hydrogen-bond donors (Lipinski definition) is 6. The van der Waals surface area contributed by atoms with Crippen molar-refractivity contribution in [2.45, 2.75) is 102 Å². The Morgan fingerprint density at radius 2 is 0.944 bits per heavy atom. The molecular weight excluding hydrogens is 930 g/mol. The minimum atomic E-state index is -1.30. The summed E-state index contributed by atoms with van der Waals surface area (Å²) in [6.07, 6.45) is 5.59. The highest BCUT2D eigenvalue weighted by atomic mass is 16.7. The highest BCUT2D eigenvalue weighted by molar-refractivity contribution is 6.52. The van der Waals surface area contributed by atoms with E-state index in [1.54, 1.807) is 0 Å². The second kappa shape index (κ2) is 26.6. The van der Waals surface area contributed by atoms with Crippen LogP contribution in [-0.2, 0) is 60.2 Å². The number of aromatic nitrogens is 4. The Bertz CT molecular complexity index is 2310. The van der Waals surface area contributed by atoms with Gasteiger partial charge in [-0.15, -0.1) is 0 Å². The van der Waals surface area contributed by atoms with Crippen molar-refractivity contribution in [3.8, 4) is 0 Å². The van der Waals surface area contributed by atoms with Crippen molar-refractivity contribution in [2.24, 2.45) is 11.8 Å². The Kier molecular flexibility index (Phi) is 19.8. The van der Waals surface area contributed by atoms with Gasteiger partial charge in [0, 0.05) is 50.7 Å². The molecule has 2 aromatic heterocycles. The molecule has 0 radical (unpaired) electrons. The summed E-state index contributed by atoms with van der Waals surface area (Å²) in [5, 5.41) is 16.4. The molecule has 4 aromatic rings. The largest absolute Gasteiger partial charge is 0.552 e. The Labute approximate surface area is 417 Å². The van der Waals surface area contributed by atoms with Crippen LogP contribution in [-0.4, -0.2) is 131 Å². The van der Waals surface area contributed by atoms with E-state index in [0.29, 0.717) is 12.8 Å². The van der Waals surface area contributed by atoms with Gasteiger partial charge in [0.1, 0.15) is 35.7 Å². The zero-order valence-electron chi connectivity index (χ0n) is 40.4. The van der Waals surface area contributed by atoms with E-state index in [-0.39, 0.29) is 49.2 Å². The predicted octanol–water partition coefficient (Wildman–Crippen LogP) is 0.662. The van der Waals surface area contributed by atoms with Crippen molar-refractivity contribution in [3.63, 3.8) is 0 Å². The molecule has 6 amide bonds. The van der Waals surface area contributed by atoms with E-state index >= 15 is 0 Å². The molecule has 72 heavy (non-hydrogen) atoms. The number of nitrogens with zero attached hydrogens (tertiary/aromatic N) is 4. The molecular formula is C48H58B2N10O12. The third-order valence-corrected chi connectivity index (χ3v) is 11.3. The molecule has 2 aliphatic rings. The lowest BCUT2D eigenvalue weighted by Crippen LogP contribution is -2.55. The van der Waals surface area contributed by atoms with Gasteiger partial charge in [-0.3, -0.25) is 48.3 Å². The molecule has 24 heteroatoms. The van der Waals surface area contributed by atoms with Gasteiger partial charge in [0.2, 0.25) is 23.6 Å². The standard InChI is InChI=1S/C48H58B2N10O12/c1-29(2)21-39(59-43(63)33(23-31-11-7-5-8-12-31)57-45(65)35-27-51-15-17-53-35)49-69-37(47(67)71-49)25-41(61)55-19-20-56-42(62)26-38-48(68)72-50(70-38)40(22-30(3)4)60-44(64)34(24-32-13-9-6-10-14-32)58-46(66)36-28-52-16-18-54-36/h5-18,27-30,33-34,37-40H,19-26H2,1-4H3,(H,55,61)(H,56,62)(H,57,65)(H,58,66)(H,59,63)(H,60,64)/t33-,34-,37+,38+,39-,40-/m0/s1. The van der Waals surface area contributed by atoms with Crippen molar-refractivity contribution in [1.29, 1.82) is 0 Å². The highest BCUT2D eigenvalue weighted by Crippen LogP contribution is 2.22. The Balaban J connectivity index is 0.963. The van der Waals surface area contributed by atoms with Gasteiger partial charge in [-0.25, -0.2) is 9.97 Å². The molecule has 2 saturated heterocycles. The molecule has 6 N–H and O–H groups in total. The topological polar surface area (TPSA) is 297 Å². The number of carbonyl (C=O) groups excluding carboxylic acids is 8. The SMILES string of the molecule is CC(C)C[C@H](NC(=O)[C@H](Cc1ccccc1)NC(=O)c1cnccn1)B1OC(=O)[C@@H](CC(=O)NCCNC(=O)C[C@H]2OB([C@H](CC(C)C)NC(=O)[C@H](Cc3ccccc3)NC(=O)c3cnccn3)OC2=O)O1. The lowest BCUT2D eigenvalue weighted by molar-refractivity contribution is -0.139. The van der Waals surface area contributed by atoms with Gasteiger partial charge in [0.05, 0.1) is 37.1 Å². The van der Waals surface area contributed by atoms with Crippen molar-refractivity contribution >= 4 is 61.6 Å². The monoisotopic (exact) mass is 988 g/mol. The van der Waals surface area contributed by atoms with Crippen molar-refractivity contribution in [3.05, 3.63) is 120 Å². The summed E-state index contributed by atoms with van der Waals surface area (Å²) in [6, 6.07) is 16.0. The van der Waals surface area contributed by atoms with Crippen LogP contribution < -0.4 is 31.9 Å². The average molecular weight is 989 g/mol. The highest BCUT2D eigenvalue weighted by Gasteiger charge is 2.48. The van der Waals surface area contributed by atoms with Crippen LogP contribution in [0.1, 0.15) is 85.5 Å². The molecule has 2 aromatic carbocycles. The summed E-state index contributed by atoms with van der Waals surface area (Å²) < 4.78 is 22.9. The van der Waals surface area contributed by atoms with Crippen LogP contribution in [0.3, 0.4) is 0 Å². The summed E-state index contributed by atoms with van der Waals surface area (Å²) in [5.74, 6) is -6.83. The van der Waals surface area contributed by atoms with E-state index in [0.717, 1.165) is 11.1 Å². The minimum absolute atomic E-state index is 0.00110. The first-order chi connectivity index (χ1) is 34.6. The van der Waals surface area contributed by atoms with Gasteiger partial charge in [-0.05, 0) is 35.8 Å². The van der Waals surface area contributed by atoms with Crippen molar-refractivity contribution in [2.75, 3.05) is 13.1 Å². The molecule has 0 aliphatic carbocycles. The van der Waals surface area contributed by atoms with Crippen LogP contribution in [0, 0.1) is 11.8 Å². The number of rotatable bonds is 25. The summed E-state index contributed by atoms with van der Waals surface area (Å²) in [7, 11) is -2.48. The molecule has 378 valence electrons. The smallest absolute Gasteiger partial charge is 0.506 e. The van der Waals surface area contributed by atoms with Gasteiger partial charge in [-0.1, -0.05) is 88.4 Å². The molecule has 0 spiro atoms. The molecule has 2 fully saturated rings. The zero-order chi connectivity index (χ0) is 51.6. The van der Waals surface area contributed by atoms with E-state index in [1.807, 2.05) is 88.4 Å². The normalized spacial score (nSPS) is 17.0. The molecule has 2 aliphatic heterocycles. The maximum Gasteiger partial charge on any atom is 0.552 e. The van der Waals surface area contributed by atoms with E-state index < -0.39 is 111 Å². The number of hydrogen-bond acceptors (Lipinski definition) is 16. The number of carbonyl (C=O) groups is 8. The lowest BCUT2D eigenvalue weighted by atomic mass is 9.74. The molecule has 4 heterocycles. The van der Waals surface area contributed by atoms with Crippen LogP contribution in [0.25, 0.3) is 0 Å². The second-order valence-electron chi connectivity index (χ2n) is 18.1. The first kappa shape index (κ1) is 53.8. The van der Waals surface area contributed by atoms with Gasteiger partial charge in [-0.2, -0.15) is 0 Å². The van der Waals surface area contributed by atoms with Gasteiger partial charge in [0.15, 0.2) is 0 Å². The fraction of sp³-hybridized carbons (Fsp3) is 0.417.